The topological polar surface area (TPSA) is 26.3 Å². The SMILES string of the molecule is [CH2]c1c(C)csc1C(=O)OC. The number of esters is 1. The van der Waals surface area contributed by atoms with E-state index in [9.17, 15) is 4.79 Å². The van der Waals surface area contributed by atoms with E-state index < -0.39 is 0 Å². The summed E-state index contributed by atoms with van der Waals surface area (Å²) in [5, 5.41) is 1.90. The van der Waals surface area contributed by atoms with Gasteiger partial charge in [-0.2, -0.15) is 0 Å². The molecule has 0 aliphatic carbocycles. The molecule has 0 atom stereocenters. The molecule has 1 heterocycles. The molecule has 0 aromatic carbocycles. The second-order valence-electron chi connectivity index (χ2n) is 2.22. The maximum atomic E-state index is 11.0. The van der Waals surface area contributed by atoms with Crippen molar-refractivity contribution in [3.05, 3.63) is 28.3 Å². The third kappa shape index (κ3) is 1.43. The van der Waals surface area contributed by atoms with E-state index in [1.165, 1.54) is 18.4 Å². The summed E-state index contributed by atoms with van der Waals surface area (Å²) >= 11 is 1.37. The molecule has 0 spiro atoms. The first-order valence-corrected chi connectivity index (χ1v) is 4.03. The highest BCUT2D eigenvalue weighted by Gasteiger charge is 2.12. The summed E-state index contributed by atoms with van der Waals surface area (Å²) in [6.07, 6.45) is 0. The molecule has 1 radical (unpaired) electrons. The fourth-order valence-corrected chi connectivity index (χ4v) is 1.65. The van der Waals surface area contributed by atoms with E-state index in [1.54, 1.807) is 0 Å². The van der Waals surface area contributed by atoms with Crippen molar-refractivity contribution in [1.82, 2.24) is 0 Å². The molecule has 0 amide bonds. The first-order valence-electron chi connectivity index (χ1n) is 3.15. The van der Waals surface area contributed by atoms with E-state index in [0.29, 0.717) is 4.88 Å². The van der Waals surface area contributed by atoms with Crippen molar-refractivity contribution < 1.29 is 9.53 Å². The van der Waals surface area contributed by atoms with Crippen molar-refractivity contribution in [2.24, 2.45) is 0 Å². The zero-order valence-corrected chi connectivity index (χ0v) is 7.33. The number of carbonyl (C=O) groups is 1. The predicted molar refractivity (Wildman–Crippen MR) is 44.9 cm³/mol. The molecule has 11 heavy (non-hydrogen) atoms. The first kappa shape index (κ1) is 8.27. The highest BCUT2D eigenvalue weighted by atomic mass is 32.1. The van der Waals surface area contributed by atoms with E-state index in [2.05, 4.69) is 11.7 Å². The third-order valence-corrected chi connectivity index (χ3v) is 2.59. The van der Waals surface area contributed by atoms with Crippen LogP contribution in [0.5, 0.6) is 0 Å². The fraction of sp³-hybridized carbons (Fsp3) is 0.250. The Balaban J connectivity index is 3.04. The maximum absolute atomic E-state index is 11.0. The van der Waals surface area contributed by atoms with Crippen LogP contribution in [0.25, 0.3) is 0 Å². The lowest BCUT2D eigenvalue weighted by Gasteiger charge is -1.95. The van der Waals surface area contributed by atoms with Crippen LogP contribution in [0.4, 0.5) is 0 Å². The van der Waals surface area contributed by atoms with Crippen molar-refractivity contribution >= 4 is 17.3 Å². The van der Waals surface area contributed by atoms with Crippen molar-refractivity contribution in [2.75, 3.05) is 7.11 Å². The number of rotatable bonds is 1. The van der Waals surface area contributed by atoms with Gasteiger partial charge in [-0.15, -0.1) is 11.3 Å². The molecule has 3 heteroatoms. The molecular formula is C8H9O2S. The Bertz CT molecular complexity index is 276. The lowest BCUT2D eigenvalue weighted by molar-refractivity contribution is 0.0606. The van der Waals surface area contributed by atoms with E-state index in [-0.39, 0.29) is 5.97 Å². The Morgan fingerprint density at radius 2 is 2.36 bits per heavy atom. The quantitative estimate of drug-likeness (QED) is 0.601. The van der Waals surface area contributed by atoms with Crippen molar-refractivity contribution in [1.29, 1.82) is 0 Å². The molecule has 1 rings (SSSR count). The maximum Gasteiger partial charge on any atom is 0.348 e. The Kier molecular flexibility index (Phi) is 2.29. The summed E-state index contributed by atoms with van der Waals surface area (Å²) in [5.74, 6) is -0.298. The van der Waals surface area contributed by atoms with Gasteiger partial charge in [0.15, 0.2) is 0 Å². The molecule has 0 aliphatic heterocycles. The molecule has 59 valence electrons. The van der Waals surface area contributed by atoms with Gasteiger partial charge in [0.1, 0.15) is 4.88 Å². The van der Waals surface area contributed by atoms with Crippen LogP contribution in [-0.2, 0) is 4.74 Å². The van der Waals surface area contributed by atoms with Crippen molar-refractivity contribution in [2.45, 2.75) is 6.92 Å². The van der Waals surface area contributed by atoms with Gasteiger partial charge in [-0.25, -0.2) is 4.79 Å². The Morgan fingerprint density at radius 3 is 2.73 bits per heavy atom. The third-order valence-electron chi connectivity index (χ3n) is 1.47. The summed E-state index contributed by atoms with van der Waals surface area (Å²) in [7, 11) is 1.37. The molecule has 0 aliphatic rings. The Hall–Kier alpha value is -0.830. The second kappa shape index (κ2) is 3.05. The summed E-state index contributed by atoms with van der Waals surface area (Å²) in [6, 6.07) is 0. The highest BCUT2D eigenvalue weighted by molar-refractivity contribution is 7.12. The summed E-state index contributed by atoms with van der Waals surface area (Å²) in [4.78, 5) is 11.6. The molecule has 1 aromatic rings. The normalized spacial score (nSPS) is 9.73. The molecule has 1 aromatic heterocycles. The zero-order valence-electron chi connectivity index (χ0n) is 6.51. The summed E-state index contributed by atoms with van der Waals surface area (Å²) in [5.41, 5.74) is 1.82. The fourth-order valence-electron chi connectivity index (χ4n) is 0.733. The van der Waals surface area contributed by atoms with Crippen LogP contribution in [-0.4, -0.2) is 13.1 Å². The number of hydrogen-bond donors (Lipinski definition) is 0. The average Bonchev–Trinajstić information content (AvgIpc) is 2.32. The highest BCUT2D eigenvalue weighted by Crippen LogP contribution is 2.21. The van der Waals surface area contributed by atoms with Crippen LogP contribution in [0.1, 0.15) is 20.8 Å². The average molecular weight is 169 g/mol. The van der Waals surface area contributed by atoms with Crippen LogP contribution in [0.2, 0.25) is 0 Å². The van der Waals surface area contributed by atoms with Gasteiger partial charge in [0.05, 0.1) is 7.11 Å². The molecule has 0 fully saturated rings. The lowest BCUT2D eigenvalue weighted by Crippen LogP contribution is -1.99. The number of aryl methyl sites for hydroxylation is 1. The second-order valence-corrected chi connectivity index (χ2v) is 3.10. The van der Waals surface area contributed by atoms with Gasteiger partial charge in [-0.1, -0.05) is 0 Å². The van der Waals surface area contributed by atoms with E-state index in [1.807, 2.05) is 12.3 Å². The van der Waals surface area contributed by atoms with Crippen LogP contribution in [0.15, 0.2) is 5.38 Å². The molecule has 0 saturated heterocycles. The van der Waals surface area contributed by atoms with Gasteiger partial charge in [0.25, 0.3) is 0 Å². The lowest BCUT2D eigenvalue weighted by atomic mass is 10.2. The van der Waals surface area contributed by atoms with Gasteiger partial charge >= 0.3 is 5.97 Å². The minimum Gasteiger partial charge on any atom is -0.465 e. The molecule has 0 saturated carbocycles. The molecule has 2 nitrogen and oxygen atoms in total. The van der Waals surface area contributed by atoms with Crippen LogP contribution in [0.3, 0.4) is 0 Å². The molecule has 0 unspecified atom stereocenters. The predicted octanol–water partition coefficient (Wildman–Crippen LogP) is 2.03. The Labute approximate surface area is 69.8 Å². The zero-order chi connectivity index (χ0) is 8.43. The van der Waals surface area contributed by atoms with Crippen molar-refractivity contribution in [3.63, 3.8) is 0 Å². The van der Waals surface area contributed by atoms with Gasteiger partial charge in [0.2, 0.25) is 0 Å². The standard InChI is InChI=1S/C8H9O2S/c1-5-4-11-7(6(5)2)8(9)10-3/h4H,2H2,1,3H3. The summed E-state index contributed by atoms with van der Waals surface area (Å²) in [6.45, 7) is 5.68. The molecule has 0 bridgehead atoms. The number of thiophene rings is 1. The summed E-state index contributed by atoms with van der Waals surface area (Å²) < 4.78 is 4.56. The Morgan fingerprint density at radius 1 is 1.73 bits per heavy atom. The number of ether oxygens (including phenoxy) is 1. The smallest absolute Gasteiger partial charge is 0.348 e. The number of carbonyl (C=O) groups excluding carboxylic acids is 1. The van der Waals surface area contributed by atoms with Crippen LogP contribution < -0.4 is 0 Å². The van der Waals surface area contributed by atoms with Gasteiger partial charge in [-0.05, 0) is 30.4 Å². The molecule has 0 N–H and O–H groups in total. The van der Waals surface area contributed by atoms with Crippen molar-refractivity contribution in [3.8, 4) is 0 Å². The monoisotopic (exact) mass is 169 g/mol. The van der Waals surface area contributed by atoms with E-state index >= 15 is 0 Å². The largest absolute Gasteiger partial charge is 0.465 e. The minimum absolute atomic E-state index is 0.298. The number of hydrogen-bond acceptors (Lipinski definition) is 3. The van der Waals surface area contributed by atoms with Gasteiger partial charge < -0.3 is 4.74 Å². The van der Waals surface area contributed by atoms with Crippen LogP contribution in [0, 0.1) is 13.8 Å². The molecular weight excluding hydrogens is 160 g/mol. The first-order chi connectivity index (χ1) is 5.16. The van der Waals surface area contributed by atoms with Crippen LogP contribution >= 0.6 is 11.3 Å². The minimum atomic E-state index is -0.298. The number of methoxy groups -OCH3 is 1. The van der Waals surface area contributed by atoms with E-state index in [4.69, 9.17) is 0 Å². The van der Waals surface area contributed by atoms with Gasteiger partial charge in [0, 0.05) is 0 Å². The van der Waals surface area contributed by atoms with E-state index in [0.717, 1.165) is 11.1 Å². The van der Waals surface area contributed by atoms with Gasteiger partial charge in [-0.3, -0.25) is 0 Å².